The molecule has 0 saturated heterocycles. The molecule has 0 bridgehead atoms. The molecule has 1 N–H and O–H groups in total. The van der Waals surface area contributed by atoms with E-state index in [2.05, 4.69) is 15.9 Å². The van der Waals surface area contributed by atoms with E-state index in [9.17, 15) is 9.59 Å². The van der Waals surface area contributed by atoms with E-state index in [4.69, 9.17) is 9.52 Å². The predicted octanol–water partition coefficient (Wildman–Crippen LogP) is 2.97. The molecule has 2 rings (SSSR count). The second-order valence-corrected chi connectivity index (χ2v) is 4.22. The maximum Gasteiger partial charge on any atom is 0.371 e. The molecule has 0 aliphatic rings. The monoisotopic (exact) mass is 294 g/mol. The van der Waals surface area contributed by atoms with Crippen LogP contribution in [0.2, 0.25) is 0 Å². The van der Waals surface area contributed by atoms with E-state index in [1.807, 2.05) is 0 Å². The topological polar surface area (TPSA) is 67.5 Å². The van der Waals surface area contributed by atoms with Gasteiger partial charge in [0.15, 0.2) is 5.76 Å². The van der Waals surface area contributed by atoms with Crippen molar-refractivity contribution in [1.82, 2.24) is 0 Å². The van der Waals surface area contributed by atoms with Gasteiger partial charge in [-0.15, -0.1) is 0 Å². The van der Waals surface area contributed by atoms with E-state index in [-0.39, 0.29) is 17.3 Å². The molecule has 2 aromatic rings. The van der Waals surface area contributed by atoms with E-state index < -0.39 is 5.97 Å². The van der Waals surface area contributed by atoms with Crippen LogP contribution in [0.5, 0.6) is 0 Å². The Morgan fingerprint density at radius 1 is 1.12 bits per heavy atom. The summed E-state index contributed by atoms with van der Waals surface area (Å²) in [5, 5.41) is 8.68. The lowest BCUT2D eigenvalue weighted by molar-refractivity contribution is 0.0660. The number of aromatic carboxylic acids is 1. The van der Waals surface area contributed by atoms with Crippen LogP contribution in [0.4, 0.5) is 0 Å². The lowest BCUT2D eigenvalue weighted by Crippen LogP contribution is -1.99. The lowest BCUT2D eigenvalue weighted by Gasteiger charge is -1.98. The Balaban J connectivity index is 2.34. The Hall–Kier alpha value is -1.88. The molecule has 0 fully saturated rings. The molecule has 4 nitrogen and oxygen atoms in total. The molecule has 0 spiro atoms. The zero-order valence-electron chi connectivity index (χ0n) is 8.51. The first-order chi connectivity index (χ1) is 8.08. The smallest absolute Gasteiger partial charge is 0.371 e. The highest BCUT2D eigenvalue weighted by molar-refractivity contribution is 9.10. The van der Waals surface area contributed by atoms with Gasteiger partial charge < -0.3 is 9.52 Å². The van der Waals surface area contributed by atoms with Crippen LogP contribution in [-0.2, 0) is 0 Å². The van der Waals surface area contributed by atoms with Crippen molar-refractivity contribution in [2.24, 2.45) is 0 Å². The largest absolute Gasteiger partial charge is 0.475 e. The van der Waals surface area contributed by atoms with Crippen LogP contribution in [0.3, 0.4) is 0 Å². The van der Waals surface area contributed by atoms with E-state index in [1.54, 1.807) is 24.3 Å². The van der Waals surface area contributed by atoms with Crippen molar-refractivity contribution >= 4 is 27.7 Å². The van der Waals surface area contributed by atoms with Gasteiger partial charge in [0.25, 0.3) is 0 Å². The standard InChI is InChI=1S/C12H7BrO4/c13-8-3-1-2-7(6-8)11(14)9-4-5-10(17-9)12(15)16/h1-6H,(H,15,16). The van der Waals surface area contributed by atoms with Crippen LogP contribution in [0.25, 0.3) is 0 Å². The number of benzene rings is 1. The number of carboxylic acid groups (broad SMARTS) is 1. The summed E-state index contributed by atoms with van der Waals surface area (Å²) < 4.78 is 5.71. The molecule has 86 valence electrons. The van der Waals surface area contributed by atoms with E-state index >= 15 is 0 Å². The third kappa shape index (κ3) is 2.45. The van der Waals surface area contributed by atoms with Crippen LogP contribution in [0.15, 0.2) is 45.3 Å². The third-order valence-electron chi connectivity index (χ3n) is 2.13. The van der Waals surface area contributed by atoms with Gasteiger partial charge in [-0.2, -0.15) is 0 Å². The summed E-state index contributed by atoms with van der Waals surface area (Å²) in [5.41, 5.74) is 0.436. The second-order valence-electron chi connectivity index (χ2n) is 3.31. The lowest BCUT2D eigenvalue weighted by atomic mass is 10.1. The minimum Gasteiger partial charge on any atom is -0.475 e. The van der Waals surface area contributed by atoms with Gasteiger partial charge in [-0.25, -0.2) is 4.79 Å². The molecule has 5 heteroatoms. The molecular formula is C12H7BrO4. The maximum atomic E-state index is 11.9. The van der Waals surface area contributed by atoms with Crippen molar-refractivity contribution in [1.29, 1.82) is 0 Å². The van der Waals surface area contributed by atoms with Gasteiger partial charge in [0.2, 0.25) is 11.5 Å². The molecule has 1 heterocycles. The van der Waals surface area contributed by atoms with Crippen molar-refractivity contribution in [3.63, 3.8) is 0 Å². The van der Waals surface area contributed by atoms with Crippen molar-refractivity contribution in [2.45, 2.75) is 0 Å². The third-order valence-corrected chi connectivity index (χ3v) is 2.62. The Morgan fingerprint density at radius 3 is 2.41 bits per heavy atom. The van der Waals surface area contributed by atoms with E-state index in [1.165, 1.54) is 12.1 Å². The van der Waals surface area contributed by atoms with Crippen molar-refractivity contribution in [3.8, 4) is 0 Å². The van der Waals surface area contributed by atoms with Gasteiger partial charge in [-0.05, 0) is 24.3 Å². The molecule has 1 aromatic heterocycles. The SMILES string of the molecule is O=C(O)c1ccc(C(=O)c2cccc(Br)c2)o1. The summed E-state index contributed by atoms with van der Waals surface area (Å²) in [6.45, 7) is 0. The predicted molar refractivity (Wildman–Crippen MR) is 63.2 cm³/mol. The number of carboxylic acids is 1. The number of rotatable bonds is 3. The summed E-state index contributed by atoms with van der Waals surface area (Å²) >= 11 is 3.25. The molecular weight excluding hydrogens is 288 g/mol. The van der Waals surface area contributed by atoms with Gasteiger partial charge in [-0.1, -0.05) is 28.1 Å². The molecule has 0 saturated carbocycles. The minimum atomic E-state index is -1.20. The Bertz CT molecular complexity index is 586. The zero-order valence-corrected chi connectivity index (χ0v) is 10.1. The fourth-order valence-electron chi connectivity index (χ4n) is 1.35. The number of carbonyl (C=O) groups is 2. The average molecular weight is 295 g/mol. The molecule has 0 aliphatic carbocycles. The van der Waals surface area contributed by atoms with Crippen LogP contribution < -0.4 is 0 Å². The first-order valence-electron chi connectivity index (χ1n) is 4.71. The van der Waals surface area contributed by atoms with Crippen LogP contribution in [0, 0.1) is 0 Å². The average Bonchev–Trinajstić information content (AvgIpc) is 2.77. The van der Waals surface area contributed by atoms with Crippen LogP contribution >= 0.6 is 15.9 Å². The molecule has 0 radical (unpaired) electrons. The van der Waals surface area contributed by atoms with Gasteiger partial charge >= 0.3 is 5.97 Å². The fourth-order valence-corrected chi connectivity index (χ4v) is 1.75. The first-order valence-corrected chi connectivity index (χ1v) is 5.50. The summed E-state index contributed by atoms with van der Waals surface area (Å²) in [6.07, 6.45) is 0. The highest BCUT2D eigenvalue weighted by Gasteiger charge is 2.16. The van der Waals surface area contributed by atoms with Crippen molar-refractivity contribution < 1.29 is 19.1 Å². The maximum absolute atomic E-state index is 11.9. The Morgan fingerprint density at radius 2 is 1.82 bits per heavy atom. The van der Waals surface area contributed by atoms with Gasteiger partial charge in [0.05, 0.1) is 0 Å². The summed E-state index contributed by atoms with van der Waals surface area (Å²) in [5.74, 6) is -1.78. The van der Waals surface area contributed by atoms with E-state index in [0.29, 0.717) is 5.56 Å². The van der Waals surface area contributed by atoms with Crippen molar-refractivity contribution in [3.05, 3.63) is 58.0 Å². The normalized spacial score (nSPS) is 10.2. The number of ketones is 1. The van der Waals surface area contributed by atoms with Gasteiger partial charge in [0.1, 0.15) is 0 Å². The Kier molecular flexibility index (Phi) is 3.10. The van der Waals surface area contributed by atoms with Gasteiger partial charge in [-0.3, -0.25) is 4.79 Å². The zero-order chi connectivity index (χ0) is 12.4. The van der Waals surface area contributed by atoms with Crippen LogP contribution in [-0.4, -0.2) is 16.9 Å². The van der Waals surface area contributed by atoms with Crippen LogP contribution in [0.1, 0.15) is 26.7 Å². The number of hydrogen-bond donors (Lipinski definition) is 1. The van der Waals surface area contributed by atoms with Crippen molar-refractivity contribution in [2.75, 3.05) is 0 Å². The molecule has 0 unspecified atom stereocenters. The molecule has 17 heavy (non-hydrogen) atoms. The highest BCUT2D eigenvalue weighted by Crippen LogP contribution is 2.17. The quantitative estimate of drug-likeness (QED) is 0.884. The molecule has 0 amide bonds. The Labute approximate surface area is 105 Å². The minimum absolute atomic E-state index is 0.0144. The van der Waals surface area contributed by atoms with E-state index in [0.717, 1.165) is 4.47 Å². The molecule has 0 atom stereocenters. The second kappa shape index (κ2) is 4.55. The number of halogens is 1. The first kappa shape index (κ1) is 11.6. The number of carbonyl (C=O) groups excluding carboxylic acids is 1. The molecule has 1 aromatic carbocycles. The highest BCUT2D eigenvalue weighted by atomic mass is 79.9. The summed E-state index contributed by atoms with van der Waals surface area (Å²) in [4.78, 5) is 22.5. The number of hydrogen-bond acceptors (Lipinski definition) is 3. The summed E-state index contributed by atoms with van der Waals surface area (Å²) in [6, 6.07) is 9.40. The fraction of sp³-hybridized carbons (Fsp3) is 0. The van der Waals surface area contributed by atoms with Gasteiger partial charge in [0, 0.05) is 10.0 Å². The molecule has 0 aliphatic heterocycles. The number of furan rings is 1. The summed E-state index contributed by atoms with van der Waals surface area (Å²) in [7, 11) is 0.